The lowest BCUT2D eigenvalue weighted by Gasteiger charge is -2.16. The number of carboxylic acids is 1. The quantitative estimate of drug-likeness (QED) is 0.0374. The lowest BCUT2D eigenvalue weighted by atomic mass is 10.1. The molecule has 110 heavy (non-hydrogen) atoms. The molecule has 1 aliphatic rings. The Morgan fingerprint density at radius 1 is 0.436 bits per heavy atom. The van der Waals surface area contributed by atoms with Crippen LogP contribution in [0.4, 0.5) is 0 Å². The second-order valence-electron chi connectivity index (χ2n) is 25.4. The Morgan fingerprint density at radius 3 is 1.01 bits per heavy atom. The molecule has 8 aromatic carbocycles. The highest BCUT2D eigenvalue weighted by Gasteiger charge is 2.26. The Balaban J connectivity index is 0.000000168. The number of fused-ring (bicyclic) bond motifs is 4. The molecular weight excluding hydrogens is 1450 g/mol. The molecule has 1 aliphatic heterocycles. The van der Waals surface area contributed by atoms with Gasteiger partial charge in [0.15, 0.2) is 13.2 Å². The number of hydrogen-bond donors (Lipinski definition) is 3. The Hall–Kier alpha value is -12.3. The lowest BCUT2D eigenvalue weighted by Crippen LogP contribution is -2.33. The number of phenols is 1. The van der Waals surface area contributed by atoms with Gasteiger partial charge in [-0.25, -0.2) is 4.79 Å². The normalized spacial score (nSPS) is 12.0. The molecule has 21 nitrogen and oxygen atoms in total. The van der Waals surface area contributed by atoms with Crippen molar-refractivity contribution in [3.63, 3.8) is 0 Å². The number of carbonyl (C=O) groups excluding carboxylic acids is 1. The van der Waals surface area contributed by atoms with Gasteiger partial charge in [0, 0.05) is 90.4 Å². The van der Waals surface area contributed by atoms with Crippen molar-refractivity contribution < 1.29 is 58.1 Å². The fourth-order valence-corrected chi connectivity index (χ4v) is 13.6. The van der Waals surface area contributed by atoms with E-state index in [2.05, 4.69) is 72.3 Å². The van der Waals surface area contributed by atoms with E-state index in [4.69, 9.17) is 38.3 Å². The molecule has 1 amide bonds. The Bertz CT molecular complexity index is 5320. The van der Waals surface area contributed by atoms with Crippen molar-refractivity contribution in [3.05, 3.63) is 192 Å². The zero-order chi connectivity index (χ0) is 79.0. The number of β-amino-alcohol motifs (C(OH)–C–C–N with tert-alkyl or cyclic N) is 1. The van der Waals surface area contributed by atoms with Crippen molar-refractivity contribution in [2.75, 3.05) is 66.7 Å². The van der Waals surface area contributed by atoms with E-state index in [9.17, 15) is 40.8 Å². The molecule has 5 heterocycles. The zero-order valence-corrected chi connectivity index (χ0v) is 65.4. The summed E-state index contributed by atoms with van der Waals surface area (Å²) in [5, 5.41) is 71.5. The number of aromatic nitrogens is 4. The number of hydrogen-bond acceptors (Lipinski definition) is 15. The Morgan fingerprint density at radius 2 is 0.736 bits per heavy atom. The molecule has 0 spiro atoms. The first kappa shape index (κ1) is 81.7. The molecule has 3 N–H and O–H groups in total. The van der Waals surface area contributed by atoms with Crippen molar-refractivity contribution in [2.45, 2.75) is 106 Å². The minimum Gasteiger partial charge on any atom is -0.508 e. The van der Waals surface area contributed by atoms with Gasteiger partial charge in [-0.15, -0.1) is 0 Å². The first-order valence-corrected chi connectivity index (χ1v) is 37.7. The van der Waals surface area contributed by atoms with Crippen LogP contribution in [0.2, 0.25) is 0 Å². The molecule has 568 valence electrons. The number of likely N-dealkylation sites (tertiary alicyclic amines) is 1. The van der Waals surface area contributed by atoms with Gasteiger partial charge >= 0.3 is 5.97 Å². The smallest absolute Gasteiger partial charge is 0.341 e. The van der Waals surface area contributed by atoms with Gasteiger partial charge in [0.2, 0.25) is 0 Å². The molecule has 22 heteroatoms. The highest BCUT2D eigenvalue weighted by atomic mass is 79.9. The highest BCUT2D eigenvalue weighted by molar-refractivity contribution is 9.09. The van der Waals surface area contributed by atoms with Gasteiger partial charge in [-0.3, -0.25) is 4.79 Å². The maximum Gasteiger partial charge on any atom is 0.341 e. The summed E-state index contributed by atoms with van der Waals surface area (Å²) in [6, 6.07) is 61.9. The molecule has 12 aromatic rings. The summed E-state index contributed by atoms with van der Waals surface area (Å²) < 4.78 is 46.5. The number of nitrogens with zero attached hydrogens (tertiary/aromatic N) is 9. The van der Waals surface area contributed by atoms with Gasteiger partial charge in [0.25, 0.3) is 5.91 Å². The number of carboxylic acid groups (broad SMARTS) is 1. The molecule has 0 aliphatic carbocycles. The van der Waals surface area contributed by atoms with Crippen LogP contribution in [0.3, 0.4) is 0 Å². The number of methoxy groups -OCH3 is 4. The minimum atomic E-state index is -1.03. The van der Waals surface area contributed by atoms with E-state index in [1.54, 1.807) is 69.7 Å². The summed E-state index contributed by atoms with van der Waals surface area (Å²) in [6.07, 6.45) is 4.95. The van der Waals surface area contributed by atoms with E-state index in [1.165, 1.54) is 19.3 Å². The fraction of sp³-hybridized carbons (Fsp3) is 0.295. The molecule has 0 bridgehead atoms. The second-order valence-corrected chi connectivity index (χ2v) is 26.5. The maximum atomic E-state index is 12.2. The third-order valence-corrected chi connectivity index (χ3v) is 18.8. The van der Waals surface area contributed by atoms with Crippen molar-refractivity contribution in [2.24, 2.45) is 0 Å². The van der Waals surface area contributed by atoms with Crippen molar-refractivity contribution >= 4 is 71.4 Å². The largest absolute Gasteiger partial charge is 0.508 e. The zero-order valence-electron chi connectivity index (χ0n) is 63.8. The number of aliphatic hydroxyl groups excluding tert-OH is 1. The van der Waals surface area contributed by atoms with Crippen molar-refractivity contribution in [1.82, 2.24) is 23.2 Å². The van der Waals surface area contributed by atoms with Gasteiger partial charge < -0.3 is 71.6 Å². The molecule has 4 aromatic heterocycles. The number of phenolic OH excluding ortho intramolecular Hbond substituents is 1. The number of nitriles is 4. The van der Waals surface area contributed by atoms with Crippen LogP contribution in [-0.2, 0) is 35.8 Å². The molecule has 0 radical (unpaired) electrons. The number of aliphatic carboxylic acids is 1. The number of aliphatic hydroxyl groups is 1. The minimum absolute atomic E-state index is 0.0650. The predicted octanol–water partition coefficient (Wildman–Crippen LogP) is 18.3. The van der Waals surface area contributed by atoms with Crippen LogP contribution in [-0.4, -0.2) is 123 Å². The summed E-state index contributed by atoms with van der Waals surface area (Å²) in [4.78, 5) is 24.4. The molecular formula is C88H92BrN9O12. The average Bonchev–Trinajstić information content (AvgIpc) is 1.63. The fourth-order valence-electron chi connectivity index (χ4n) is 13.6. The van der Waals surface area contributed by atoms with Gasteiger partial charge in [0.05, 0.1) is 108 Å². The van der Waals surface area contributed by atoms with Gasteiger partial charge in [0.1, 0.15) is 70.3 Å². The van der Waals surface area contributed by atoms with Crippen LogP contribution in [0.5, 0.6) is 46.0 Å². The summed E-state index contributed by atoms with van der Waals surface area (Å²) in [5.41, 5.74) is 13.6. The number of benzene rings is 8. The van der Waals surface area contributed by atoms with Crippen molar-refractivity contribution in [3.8, 4) is 115 Å². The topological polar surface area (TPSA) is 278 Å². The van der Waals surface area contributed by atoms with Crippen LogP contribution >= 0.6 is 15.9 Å². The monoisotopic (exact) mass is 1550 g/mol. The third-order valence-electron chi connectivity index (χ3n) is 18.8. The number of halogens is 1. The second kappa shape index (κ2) is 39.5. The molecule has 1 saturated heterocycles. The van der Waals surface area contributed by atoms with Crippen LogP contribution < -0.4 is 33.2 Å². The predicted molar refractivity (Wildman–Crippen MR) is 434 cm³/mol. The number of carbonyl (C=O) groups is 2. The molecule has 13 rings (SSSR count). The van der Waals surface area contributed by atoms with Crippen molar-refractivity contribution in [1.29, 1.82) is 21.0 Å². The first-order chi connectivity index (χ1) is 53.5. The van der Waals surface area contributed by atoms with Crippen LogP contribution in [0.25, 0.3) is 88.6 Å². The van der Waals surface area contributed by atoms with Gasteiger partial charge in [-0.2, -0.15) is 21.0 Å². The molecule has 0 saturated carbocycles. The number of unbranched alkanes of at least 4 members (excludes halogenated alkanes) is 3. The number of aromatic hydroxyl groups is 1. The van der Waals surface area contributed by atoms with E-state index < -0.39 is 18.7 Å². The number of amides is 1. The lowest BCUT2D eigenvalue weighted by molar-refractivity contribution is -0.139. The van der Waals surface area contributed by atoms with Crippen LogP contribution in [0, 0.1) is 45.3 Å². The van der Waals surface area contributed by atoms with Gasteiger partial charge in [-0.05, 0) is 208 Å². The van der Waals surface area contributed by atoms with Crippen LogP contribution in [0.15, 0.2) is 170 Å². The summed E-state index contributed by atoms with van der Waals surface area (Å²) in [5.74, 6) is 4.01. The average molecular weight is 1550 g/mol. The maximum absolute atomic E-state index is 12.2. The van der Waals surface area contributed by atoms with E-state index >= 15 is 0 Å². The number of alkyl halides is 1. The third kappa shape index (κ3) is 18.8. The standard InChI is InChI=1S/C24H25N3O4.C24H28N2O2.C20H18N2O4.C18H16N2O2.C2H5Br/c1-3-27-22-12-19(30-2)8-9-20(22)21(13-25)24(27)16-4-6-18(7-5-16)31-15-23(29)26-11-10-17(28)14-26;1-4-6-7-8-15-28-19-11-9-18(10-12-19)24-22(17-25)21-14-13-20(27-3)16-23(21)26(24)5-2;1-3-22-18-10-15(25-2)8-9-16(18)17(11-21)20(22)13-4-6-14(7-5-13)26-12-19(23)24;1-3-20-17-10-14(22-2)8-9-15(17)16(11-19)18(20)12-4-6-13(21)7-5-12;1-2-3/h4-9,12,17,28H,3,10-11,14-15H2,1-2H3;9-14,16H,4-8,15H2,1-3H3;4-10H,3,12H2,1-2H3,(H,23,24);4-10,21H,3H2,1-2H3;2H2,1H3/t17-;;;;/m0..../s1. The SMILES string of the molecule is CCBr.CCCCCCOc1ccc(-c2c(C#N)c3ccc(OC)cc3n2CC)cc1.CCn1c(-c2ccc(O)cc2)c(C#N)c2ccc(OC)cc21.CCn1c(-c2ccc(OCC(=O)N3CC[C@H](O)C3)cc2)c(C#N)c2ccc(OC)cc21.CCn1c(-c2ccc(OCC(=O)O)cc2)c(C#N)c2ccc(OC)cc21. The van der Waals surface area contributed by atoms with E-state index in [0.717, 1.165) is 149 Å². The van der Waals surface area contributed by atoms with Crippen LogP contribution in [0.1, 0.15) is 95.9 Å². The molecule has 1 fully saturated rings. The number of aryl methyl sites for hydroxylation is 4. The van der Waals surface area contributed by atoms with E-state index in [0.29, 0.717) is 66.4 Å². The summed E-state index contributed by atoms with van der Waals surface area (Å²) in [7, 11) is 6.53. The highest BCUT2D eigenvalue weighted by Crippen LogP contribution is 2.41. The molecule has 1 atom stereocenters. The van der Waals surface area contributed by atoms with E-state index in [-0.39, 0.29) is 18.3 Å². The first-order valence-electron chi connectivity index (χ1n) is 36.6. The van der Waals surface area contributed by atoms with E-state index in [1.807, 2.05) is 161 Å². The Kier molecular flexibility index (Phi) is 29.3. The number of ether oxygens (including phenoxy) is 7. The Labute approximate surface area is 650 Å². The summed E-state index contributed by atoms with van der Waals surface area (Å²) in [6.45, 7) is 16.6. The number of rotatable bonds is 24. The summed E-state index contributed by atoms with van der Waals surface area (Å²) >= 11 is 3.15. The molecule has 0 unspecified atom stereocenters. The van der Waals surface area contributed by atoms with Gasteiger partial charge in [-0.1, -0.05) is 49.0 Å².